The third kappa shape index (κ3) is 5.01. The molecule has 1 aromatic rings. The summed E-state index contributed by atoms with van der Waals surface area (Å²) in [5.74, 6) is 0.709. The van der Waals surface area contributed by atoms with Gasteiger partial charge in [-0.05, 0) is 37.1 Å². The summed E-state index contributed by atoms with van der Waals surface area (Å²) < 4.78 is 6.45. The van der Waals surface area contributed by atoms with Crippen LogP contribution in [0.1, 0.15) is 12.8 Å². The molecule has 0 aromatic heterocycles. The first-order chi connectivity index (χ1) is 8.65. The van der Waals surface area contributed by atoms with E-state index in [9.17, 15) is 4.79 Å². The molecule has 1 aliphatic rings. The van der Waals surface area contributed by atoms with Crippen LogP contribution in [-0.2, 0) is 4.79 Å². The van der Waals surface area contributed by atoms with Gasteiger partial charge in [0.15, 0.2) is 6.61 Å². The highest BCUT2D eigenvalue weighted by molar-refractivity contribution is 9.10. The normalized spacial score (nSPS) is 18.6. The number of nitrogens with two attached hydrogens (primary N) is 1. The van der Waals surface area contributed by atoms with Gasteiger partial charge in [-0.15, -0.1) is 12.4 Å². The Morgan fingerprint density at radius 2 is 2.11 bits per heavy atom. The van der Waals surface area contributed by atoms with Crippen LogP contribution in [0.4, 0.5) is 0 Å². The molecule has 1 amide bonds. The summed E-state index contributed by atoms with van der Waals surface area (Å²) in [4.78, 5) is 13.7. The van der Waals surface area contributed by atoms with Crippen molar-refractivity contribution in [1.29, 1.82) is 0 Å². The quantitative estimate of drug-likeness (QED) is 0.910. The maximum Gasteiger partial charge on any atom is 0.260 e. The van der Waals surface area contributed by atoms with E-state index in [2.05, 4.69) is 15.9 Å². The first kappa shape index (κ1) is 16.3. The Morgan fingerprint density at radius 3 is 2.74 bits per heavy atom. The van der Waals surface area contributed by atoms with E-state index >= 15 is 0 Å². The lowest BCUT2D eigenvalue weighted by Crippen LogP contribution is -2.47. The Kier molecular flexibility index (Phi) is 6.62. The van der Waals surface area contributed by atoms with Gasteiger partial charge in [0.25, 0.3) is 5.91 Å². The molecule has 0 bridgehead atoms. The van der Waals surface area contributed by atoms with E-state index in [1.165, 1.54) is 0 Å². The van der Waals surface area contributed by atoms with Crippen molar-refractivity contribution >= 4 is 34.2 Å². The first-order valence-corrected chi connectivity index (χ1v) is 6.86. The van der Waals surface area contributed by atoms with Crippen LogP contribution in [0.5, 0.6) is 5.75 Å². The number of piperidine rings is 1. The number of hydrogen-bond acceptors (Lipinski definition) is 3. The van der Waals surface area contributed by atoms with Gasteiger partial charge in [-0.2, -0.15) is 0 Å². The molecule has 0 spiro atoms. The van der Waals surface area contributed by atoms with Crippen molar-refractivity contribution in [3.63, 3.8) is 0 Å². The summed E-state index contributed by atoms with van der Waals surface area (Å²) in [5, 5.41) is 0. The van der Waals surface area contributed by atoms with E-state index in [4.69, 9.17) is 10.5 Å². The molecule has 0 radical (unpaired) electrons. The fraction of sp³-hybridized carbons (Fsp3) is 0.462. The minimum atomic E-state index is 0. The lowest BCUT2D eigenvalue weighted by Gasteiger charge is -2.30. The second-order valence-corrected chi connectivity index (χ2v) is 5.40. The number of benzene rings is 1. The molecule has 2 N–H and O–H groups in total. The largest absolute Gasteiger partial charge is 0.484 e. The molecule has 19 heavy (non-hydrogen) atoms. The van der Waals surface area contributed by atoms with Gasteiger partial charge in [-0.3, -0.25) is 4.79 Å². The molecule has 4 nitrogen and oxygen atoms in total. The molecular formula is C13H18BrClN2O2. The van der Waals surface area contributed by atoms with Crippen LogP contribution in [-0.4, -0.2) is 36.5 Å². The van der Waals surface area contributed by atoms with Crippen LogP contribution in [0.3, 0.4) is 0 Å². The van der Waals surface area contributed by atoms with Gasteiger partial charge in [-0.1, -0.05) is 15.9 Å². The number of amides is 1. The number of ether oxygens (including phenoxy) is 1. The molecule has 1 atom stereocenters. The molecule has 0 aliphatic carbocycles. The van der Waals surface area contributed by atoms with E-state index in [0.717, 1.165) is 23.9 Å². The summed E-state index contributed by atoms with van der Waals surface area (Å²) in [6, 6.07) is 7.54. The van der Waals surface area contributed by atoms with Gasteiger partial charge < -0.3 is 15.4 Å². The van der Waals surface area contributed by atoms with Gasteiger partial charge in [0.05, 0.1) is 0 Å². The predicted octanol–water partition coefficient (Wildman–Crippen LogP) is 2.20. The van der Waals surface area contributed by atoms with Crippen LogP contribution < -0.4 is 10.5 Å². The molecule has 1 aliphatic heterocycles. The highest BCUT2D eigenvalue weighted by Crippen LogP contribution is 2.16. The number of likely N-dealkylation sites (tertiary alicyclic amines) is 1. The fourth-order valence-corrected chi connectivity index (χ4v) is 2.27. The highest BCUT2D eigenvalue weighted by Gasteiger charge is 2.21. The van der Waals surface area contributed by atoms with Crippen LogP contribution in [0.2, 0.25) is 0 Å². The van der Waals surface area contributed by atoms with Gasteiger partial charge in [0.1, 0.15) is 5.75 Å². The van der Waals surface area contributed by atoms with Crippen LogP contribution in [0.15, 0.2) is 28.7 Å². The topological polar surface area (TPSA) is 55.6 Å². The second-order valence-electron chi connectivity index (χ2n) is 4.48. The zero-order valence-electron chi connectivity index (χ0n) is 10.5. The molecule has 1 saturated heterocycles. The fourth-order valence-electron chi connectivity index (χ4n) is 2.00. The van der Waals surface area contributed by atoms with Crippen molar-refractivity contribution in [1.82, 2.24) is 4.90 Å². The summed E-state index contributed by atoms with van der Waals surface area (Å²) in [5.41, 5.74) is 5.85. The summed E-state index contributed by atoms with van der Waals surface area (Å²) in [7, 11) is 0. The molecule has 1 unspecified atom stereocenters. The third-order valence-corrected chi connectivity index (χ3v) is 3.52. The summed E-state index contributed by atoms with van der Waals surface area (Å²) in [6.07, 6.45) is 1.97. The lowest BCUT2D eigenvalue weighted by atomic mass is 10.1. The standard InChI is InChI=1S/C13H17BrN2O2.ClH/c14-10-3-5-12(6-4-10)18-9-13(17)16-7-1-2-11(15)8-16;/h3-6,11H,1-2,7-9,15H2;1H. The van der Waals surface area contributed by atoms with Gasteiger partial charge in [0.2, 0.25) is 0 Å². The predicted molar refractivity (Wildman–Crippen MR) is 80.7 cm³/mol. The molecule has 6 heteroatoms. The van der Waals surface area contributed by atoms with Gasteiger partial charge >= 0.3 is 0 Å². The van der Waals surface area contributed by atoms with E-state index in [0.29, 0.717) is 12.3 Å². The Labute approximate surface area is 127 Å². The van der Waals surface area contributed by atoms with Crippen molar-refractivity contribution in [2.24, 2.45) is 5.73 Å². The minimum Gasteiger partial charge on any atom is -0.484 e. The average molecular weight is 350 g/mol. The maximum absolute atomic E-state index is 11.9. The zero-order chi connectivity index (χ0) is 13.0. The number of nitrogens with zero attached hydrogens (tertiary/aromatic N) is 1. The molecule has 1 aromatic carbocycles. The number of halogens is 2. The Balaban J connectivity index is 0.00000180. The van der Waals surface area contributed by atoms with Crippen molar-refractivity contribution in [3.05, 3.63) is 28.7 Å². The molecule has 2 rings (SSSR count). The highest BCUT2D eigenvalue weighted by atomic mass is 79.9. The van der Waals surface area contributed by atoms with E-state index < -0.39 is 0 Å². The first-order valence-electron chi connectivity index (χ1n) is 6.07. The summed E-state index contributed by atoms with van der Waals surface area (Å²) >= 11 is 3.35. The lowest BCUT2D eigenvalue weighted by molar-refractivity contribution is -0.134. The van der Waals surface area contributed by atoms with E-state index in [1.807, 2.05) is 24.3 Å². The van der Waals surface area contributed by atoms with E-state index in [1.54, 1.807) is 4.90 Å². The van der Waals surface area contributed by atoms with Crippen molar-refractivity contribution in [3.8, 4) is 5.75 Å². The maximum atomic E-state index is 11.9. The number of hydrogen-bond donors (Lipinski definition) is 1. The second kappa shape index (κ2) is 7.72. The Morgan fingerprint density at radius 1 is 1.42 bits per heavy atom. The van der Waals surface area contributed by atoms with Gasteiger partial charge in [-0.25, -0.2) is 0 Å². The third-order valence-electron chi connectivity index (χ3n) is 2.99. The zero-order valence-corrected chi connectivity index (χ0v) is 13.0. The van der Waals surface area contributed by atoms with Crippen LogP contribution >= 0.6 is 28.3 Å². The molecule has 0 saturated carbocycles. The number of carbonyl (C=O) groups is 1. The number of rotatable bonds is 3. The average Bonchev–Trinajstić information content (AvgIpc) is 2.38. The minimum absolute atomic E-state index is 0. The van der Waals surface area contributed by atoms with Crippen molar-refractivity contribution in [2.75, 3.05) is 19.7 Å². The van der Waals surface area contributed by atoms with Crippen molar-refractivity contribution < 1.29 is 9.53 Å². The molecular weight excluding hydrogens is 332 g/mol. The van der Waals surface area contributed by atoms with Crippen molar-refractivity contribution in [2.45, 2.75) is 18.9 Å². The molecule has 1 heterocycles. The Hall–Kier alpha value is -0.780. The SMILES string of the molecule is Cl.NC1CCCN(C(=O)COc2ccc(Br)cc2)C1. The van der Waals surface area contributed by atoms with Crippen LogP contribution in [0, 0.1) is 0 Å². The molecule has 106 valence electrons. The van der Waals surface area contributed by atoms with Crippen LogP contribution in [0.25, 0.3) is 0 Å². The van der Waals surface area contributed by atoms with Gasteiger partial charge in [0, 0.05) is 23.6 Å². The van der Waals surface area contributed by atoms with E-state index in [-0.39, 0.29) is 31.0 Å². The Bertz CT molecular complexity index is 414. The smallest absolute Gasteiger partial charge is 0.260 e. The summed E-state index contributed by atoms with van der Waals surface area (Å²) in [6.45, 7) is 1.51. The molecule has 1 fully saturated rings. The monoisotopic (exact) mass is 348 g/mol. The number of carbonyl (C=O) groups excluding carboxylic acids is 1.